The first-order chi connectivity index (χ1) is 16.5. The zero-order valence-corrected chi connectivity index (χ0v) is 18.7. The summed E-state index contributed by atoms with van der Waals surface area (Å²) < 4.78 is 51.6. The van der Waals surface area contributed by atoms with Gasteiger partial charge in [-0.25, -0.2) is 9.78 Å². The summed E-state index contributed by atoms with van der Waals surface area (Å²) in [6, 6.07) is 12.8. The third-order valence-corrected chi connectivity index (χ3v) is 5.12. The van der Waals surface area contributed by atoms with E-state index in [0.29, 0.717) is 0 Å². The highest BCUT2D eigenvalue weighted by molar-refractivity contribution is 5.77. The van der Waals surface area contributed by atoms with Crippen LogP contribution < -0.4 is 20.7 Å². The van der Waals surface area contributed by atoms with Crippen LogP contribution in [0.3, 0.4) is 0 Å². The van der Waals surface area contributed by atoms with Gasteiger partial charge in [-0.3, -0.25) is 14.3 Å². The Hall–Kier alpha value is -4.06. The molecule has 2 heterocycles. The largest absolute Gasteiger partial charge is 0.573 e. The predicted octanol–water partition coefficient (Wildman–Crippen LogP) is 2.95. The van der Waals surface area contributed by atoms with Crippen LogP contribution in [0, 0.1) is 0 Å². The third kappa shape index (κ3) is 5.22. The van der Waals surface area contributed by atoms with Crippen molar-refractivity contribution < 1.29 is 27.8 Å². The molecular weight excluding hydrogens is 469 g/mol. The Morgan fingerprint density at radius 1 is 1.11 bits per heavy atom. The lowest BCUT2D eigenvalue weighted by Crippen LogP contribution is -2.33. The van der Waals surface area contributed by atoms with Gasteiger partial charge in [0.15, 0.2) is 22.7 Å². The van der Waals surface area contributed by atoms with E-state index in [0.717, 1.165) is 16.2 Å². The van der Waals surface area contributed by atoms with E-state index < -0.39 is 29.5 Å². The lowest BCUT2D eigenvalue weighted by Gasteiger charge is -2.15. The molecule has 0 aliphatic carbocycles. The topological polar surface area (TPSA) is 111 Å². The molecular formula is C23H21F3N4O5. The number of nitrogens with zero attached hydrogens (tertiary/aromatic N) is 3. The maximum absolute atomic E-state index is 13.1. The lowest BCUT2D eigenvalue weighted by molar-refractivity contribution is -0.275. The van der Waals surface area contributed by atoms with Gasteiger partial charge in [0, 0.05) is 12.6 Å². The van der Waals surface area contributed by atoms with Gasteiger partial charge in [0.25, 0.3) is 5.56 Å². The van der Waals surface area contributed by atoms with E-state index in [1.54, 1.807) is 30.3 Å². The molecule has 12 heteroatoms. The minimum Gasteiger partial charge on any atom is -0.485 e. The molecule has 9 nitrogen and oxygen atoms in total. The second-order valence-electron chi connectivity index (χ2n) is 7.87. The molecule has 0 aliphatic heterocycles. The molecule has 0 bridgehead atoms. The van der Waals surface area contributed by atoms with Gasteiger partial charge in [0.1, 0.15) is 12.4 Å². The molecule has 4 aromatic rings. The van der Waals surface area contributed by atoms with E-state index >= 15 is 0 Å². The van der Waals surface area contributed by atoms with E-state index in [-0.39, 0.29) is 41.5 Å². The van der Waals surface area contributed by atoms with Crippen molar-refractivity contribution in [3.63, 3.8) is 0 Å². The standard InChI is InChI=1S/C23H21F3N4O5/c1-13(31)11-30-20-18(21(32)28-22(30)33)29(2)19(27-20)15-8-9-16(17(10-15)35-23(24,25)26)34-12-14-6-4-3-5-7-14/h3-10,13,31H,11-12H2,1-2H3,(H,28,32,33). The van der Waals surface area contributed by atoms with E-state index in [9.17, 15) is 27.9 Å². The lowest BCUT2D eigenvalue weighted by atomic mass is 10.2. The van der Waals surface area contributed by atoms with Gasteiger partial charge in [-0.15, -0.1) is 13.2 Å². The molecule has 0 radical (unpaired) electrons. The van der Waals surface area contributed by atoms with Crippen molar-refractivity contribution in [2.75, 3.05) is 0 Å². The summed E-state index contributed by atoms with van der Waals surface area (Å²) in [6.07, 6.45) is -5.90. The molecule has 0 saturated carbocycles. The van der Waals surface area contributed by atoms with Gasteiger partial charge < -0.3 is 19.1 Å². The second-order valence-corrected chi connectivity index (χ2v) is 7.87. The van der Waals surface area contributed by atoms with Crippen LogP contribution in [0.4, 0.5) is 13.2 Å². The molecule has 0 saturated heterocycles. The maximum Gasteiger partial charge on any atom is 0.573 e. The number of aliphatic hydroxyl groups is 1. The number of H-pyrrole nitrogens is 1. The van der Waals surface area contributed by atoms with E-state index in [1.807, 2.05) is 0 Å². The number of aromatic amines is 1. The van der Waals surface area contributed by atoms with Crippen LogP contribution in [0.2, 0.25) is 0 Å². The minimum atomic E-state index is -4.98. The SMILES string of the molecule is CC(O)Cn1c(=O)[nH]c(=O)c2c1nc(-c1ccc(OCc3ccccc3)c(OC(F)(F)F)c1)n2C. The Morgan fingerprint density at radius 2 is 1.83 bits per heavy atom. The van der Waals surface area contributed by atoms with Gasteiger partial charge in [-0.05, 0) is 30.7 Å². The zero-order chi connectivity index (χ0) is 25.3. The van der Waals surface area contributed by atoms with Crippen LogP contribution in [0.1, 0.15) is 12.5 Å². The van der Waals surface area contributed by atoms with Crippen molar-refractivity contribution in [3.8, 4) is 22.9 Å². The third-order valence-electron chi connectivity index (χ3n) is 5.12. The Bertz CT molecular complexity index is 1470. The first kappa shape index (κ1) is 24.1. The van der Waals surface area contributed by atoms with Crippen molar-refractivity contribution in [2.45, 2.75) is 32.5 Å². The van der Waals surface area contributed by atoms with Gasteiger partial charge in [0.05, 0.1) is 12.6 Å². The van der Waals surface area contributed by atoms with Crippen LogP contribution in [-0.4, -0.2) is 36.7 Å². The molecule has 184 valence electrons. The Kier molecular flexibility index (Phi) is 6.39. The van der Waals surface area contributed by atoms with Crippen LogP contribution in [-0.2, 0) is 20.2 Å². The average molecular weight is 490 g/mol. The molecule has 35 heavy (non-hydrogen) atoms. The Labute approximate surface area is 196 Å². The van der Waals surface area contributed by atoms with E-state index in [2.05, 4.69) is 14.7 Å². The summed E-state index contributed by atoms with van der Waals surface area (Å²) in [5.41, 5.74) is -0.546. The Morgan fingerprint density at radius 3 is 2.49 bits per heavy atom. The summed E-state index contributed by atoms with van der Waals surface area (Å²) in [6.45, 7) is 1.33. The number of benzene rings is 2. The number of alkyl halides is 3. The average Bonchev–Trinajstić information content (AvgIpc) is 3.13. The summed E-state index contributed by atoms with van der Waals surface area (Å²) in [7, 11) is 1.49. The quantitative estimate of drug-likeness (QED) is 0.412. The smallest absolute Gasteiger partial charge is 0.485 e. The first-order valence-electron chi connectivity index (χ1n) is 10.5. The monoisotopic (exact) mass is 490 g/mol. The maximum atomic E-state index is 13.1. The molecule has 0 aliphatic rings. The molecule has 2 N–H and O–H groups in total. The Balaban J connectivity index is 1.80. The van der Waals surface area contributed by atoms with Crippen molar-refractivity contribution >= 4 is 11.2 Å². The van der Waals surface area contributed by atoms with Crippen molar-refractivity contribution in [2.24, 2.45) is 7.05 Å². The molecule has 0 fully saturated rings. The number of hydrogen-bond acceptors (Lipinski definition) is 6. The molecule has 1 atom stereocenters. The van der Waals surface area contributed by atoms with Crippen LogP contribution >= 0.6 is 0 Å². The fraction of sp³-hybridized carbons (Fsp3) is 0.261. The van der Waals surface area contributed by atoms with Crippen molar-refractivity contribution in [1.82, 2.24) is 19.1 Å². The zero-order valence-electron chi connectivity index (χ0n) is 18.7. The van der Waals surface area contributed by atoms with Crippen LogP contribution in [0.25, 0.3) is 22.6 Å². The number of aryl methyl sites for hydroxylation is 1. The molecule has 2 aromatic heterocycles. The van der Waals surface area contributed by atoms with E-state index in [4.69, 9.17) is 4.74 Å². The summed E-state index contributed by atoms with van der Waals surface area (Å²) in [5.74, 6) is -0.622. The van der Waals surface area contributed by atoms with Crippen LogP contribution in [0.5, 0.6) is 11.5 Å². The van der Waals surface area contributed by atoms with Gasteiger partial charge in [0.2, 0.25) is 0 Å². The number of nitrogens with one attached hydrogen (secondary N) is 1. The number of ether oxygens (including phenoxy) is 2. The normalized spacial score (nSPS) is 12.6. The number of hydrogen-bond donors (Lipinski definition) is 2. The number of fused-ring (bicyclic) bond motifs is 1. The van der Waals surface area contributed by atoms with Gasteiger partial charge >= 0.3 is 12.1 Å². The summed E-state index contributed by atoms with van der Waals surface area (Å²) in [4.78, 5) is 31.2. The highest BCUT2D eigenvalue weighted by Gasteiger charge is 2.33. The molecule has 0 spiro atoms. The fourth-order valence-electron chi connectivity index (χ4n) is 3.64. The number of aromatic nitrogens is 4. The first-order valence-corrected chi connectivity index (χ1v) is 10.5. The number of halogens is 3. The second kappa shape index (κ2) is 9.29. The number of rotatable bonds is 7. The molecule has 1 unspecified atom stereocenters. The summed E-state index contributed by atoms with van der Waals surface area (Å²) >= 11 is 0. The fourth-order valence-corrected chi connectivity index (χ4v) is 3.64. The van der Waals surface area contributed by atoms with Crippen molar-refractivity contribution in [1.29, 1.82) is 0 Å². The number of aliphatic hydroxyl groups excluding tert-OH is 1. The van der Waals surface area contributed by atoms with Gasteiger partial charge in [-0.1, -0.05) is 30.3 Å². The molecule has 2 aromatic carbocycles. The number of imidazole rings is 1. The van der Waals surface area contributed by atoms with Crippen LogP contribution in [0.15, 0.2) is 58.1 Å². The van der Waals surface area contributed by atoms with Gasteiger partial charge in [-0.2, -0.15) is 0 Å². The van der Waals surface area contributed by atoms with E-state index in [1.165, 1.54) is 30.7 Å². The molecule has 4 rings (SSSR count). The summed E-state index contributed by atoms with van der Waals surface area (Å²) in [5, 5.41) is 9.74. The minimum absolute atomic E-state index is 0.0140. The molecule has 0 amide bonds. The van der Waals surface area contributed by atoms with Crippen molar-refractivity contribution in [3.05, 3.63) is 74.9 Å². The highest BCUT2D eigenvalue weighted by atomic mass is 19.4. The predicted molar refractivity (Wildman–Crippen MR) is 120 cm³/mol. The highest BCUT2D eigenvalue weighted by Crippen LogP contribution is 2.36.